The Labute approximate surface area is 117 Å². The van der Waals surface area contributed by atoms with Crippen LogP contribution in [-0.2, 0) is 10.8 Å². The summed E-state index contributed by atoms with van der Waals surface area (Å²) in [6, 6.07) is 14.0. The molecule has 2 unspecified atom stereocenters. The Balaban J connectivity index is 2.22. The van der Waals surface area contributed by atoms with E-state index in [1.807, 2.05) is 36.4 Å². The van der Waals surface area contributed by atoms with Gasteiger partial charge in [0.25, 0.3) is 0 Å². The summed E-state index contributed by atoms with van der Waals surface area (Å²) >= 11 is 0. The van der Waals surface area contributed by atoms with Crippen molar-refractivity contribution >= 4 is 21.6 Å². The third-order valence-electron chi connectivity index (χ3n) is 3.43. The van der Waals surface area contributed by atoms with Crippen LogP contribution in [-0.4, -0.2) is 16.0 Å². The molecule has 0 aliphatic carbocycles. The van der Waals surface area contributed by atoms with Gasteiger partial charge in [0.05, 0.1) is 10.8 Å². The van der Waals surface area contributed by atoms with E-state index in [-0.39, 0.29) is 11.5 Å². The van der Waals surface area contributed by atoms with E-state index < -0.39 is 10.8 Å². The minimum absolute atomic E-state index is 0.0213. The van der Waals surface area contributed by atoms with Gasteiger partial charge >= 0.3 is 0 Å². The molecule has 0 saturated carbocycles. The number of hydrogen-bond acceptors (Lipinski definition) is 2. The molecule has 0 spiro atoms. The van der Waals surface area contributed by atoms with Crippen molar-refractivity contribution in [3.63, 3.8) is 0 Å². The molecule has 0 fully saturated rings. The SMILES string of the molecule is CC(C)(C)C(N)CS(=O)c1ccc2ccccc2c1. The van der Waals surface area contributed by atoms with Gasteiger partial charge in [-0.3, -0.25) is 4.21 Å². The lowest BCUT2D eigenvalue weighted by atomic mass is 9.89. The summed E-state index contributed by atoms with van der Waals surface area (Å²) in [5.41, 5.74) is 6.09. The molecule has 0 aliphatic heterocycles. The first-order valence-electron chi connectivity index (χ1n) is 6.51. The fraction of sp³-hybridized carbons (Fsp3) is 0.375. The molecule has 2 atom stereocenters. The summed E-state index contributed by atoms with van der Waals surface area (Å²) < 4.78 is 12.4. The topological polar surface area (TPSA) is 43.1 Å². The van der Waals surface area contributed by atoms with Gasteiger partial charge in [0.1, 0.15) is 0 Å². The van der Waals surface area contributed by atoms with Crippen molar-refractivity contribution < 1.29 is 4.21 Å². The minimum atomic E-state index is -1.04. The van der Waals surface area contributed by atoms with E-state index in [1.165, 1.54) is 5.39 Å². The molecule has 3 heteroatoms. The molecule has 2 aromatic carbocycles. The van der Waals surface area contributed by atoms with Crippen molar-refractivity contribution in [1.82, 2.24) is 0 Å². The maximum Gasteiger partial charge on any atom is 0.0545 e. The predicted molar refractivity (Wildman–Crippen MR) is 82.7 cm³/mol. The molecule has 0 radical (unpaired) electrons. The lowest BCUT2D eigenvalue weighted by molar-refractivity contribution is 0.342. The molecular weight excluding hydrogens is 254 g/mol. The van der Waals surface area contributed by atoms with E-state index in [0.29, 0.717) is 5.75 Å². The Morgan fingerprint density at radius 2 is 1.74 bits per heavy atom. The number of benzene rings is 2. The maximum atomic E-state index is 12.4. The van der Waals surface area contributed by atoms with Crippen LogP contribution in [0.1, 0.15) is 20.8 Å². The Bertz CT molecular complexity index is 601. The second kappa shape index (κ2) is 5.43. The summed E-state index contributed by atoms with van der Waals surface area (Å²) in [5, 5.41) is 2.29. The van der Waals surface area contributed by atoms with Gasteiger partial charge in [0.2, 0.25) is 0 Å². The van der Waals surface area contributed by atoms with E-state index in [4.69, 9.17) is 5.73 Å². The van der Waals surface area contributed by atoms with Gasteiger partial charge in [-0.25, -0.2) is 0 Å². The van der Waals surface area contributed by atoms with Gasteiger partial charge in [0, 0.05) is 16.7 Å². The van der Waals surface area contributed by atoms with Crippen LogP contribution >= 0.6 is 0 Å². The van der Waals surface area contributed by atoms with Crippen LogP contribution in [0.5, 0.6) is 0 Å². The van der Waals surface area contributed by atoms with Crippen molar-refractivity contribution in [2.24, 2.45) is 11.1 Å². The average Bonchev–Trinajstić information content (AvgIpc) is 2.37. The van der Waals surface area contributed by atoms with Gasteiger partial charge in [-0.2, -0.15) is 0 Å². The maximum absolute atomic E-state index is 12.4. The lowest BCUT2D eigenvalue weighted by Crippen LogP contribution is -2.39. The van der Waals surface area contributed by atoms with Crippen LogP contribution in [0.4, 0.5) is 0 Å². The lowest BCUT2D eigenvalue weighted by Gasteiger charge is -2.26. The Morgan fingerprint density at radius 1 is 1.11 bits per heavy atom. The molecular formula is C16H21NOS. The smallest absolute Gasteiger partial charge is 0.0545 e. The van der Waals surface area contributed by atoms with E-state index in [9.17, 15) is 4.21 Å². The predicted octanol–water partition coefficient (Wildman–Crippen LogP) is 3.32. The van der Waals surface area contributed by atoms with Gasteiger partial charge < -0.3 is 5.73 Å². The fourth-order valence-electron chi connectivity index (χ4n) is 1.82. The molecule has 2 nitrogen and oxygen atoms in total. The molecule has 2 rings (SSSR count). The summed E-state index contributed by atoms with van der Waals surface area (Å²) in [6.45, 7) is 6.24. The van der Waals surface area contributed by atoms with Gasteiger partial charge in [-0.05, 0) is 28.3 Å². The zero-order valence-corrected chi connectivity index (χ0v) is 12.5. The Kier molecular flexibility index (Phi) is 4.07. The molecule has 0 heterocycles. The molecule has 0 aliphatic rings. The molecule has 0 amide bonds. The van der Waals surface area contributed by atoms with E-state index in [2.05, 4.69) is 26.8 Å². The van der Waals surface area contributed by atoms with E-state index >= 15 is 0 Å². The van der Waals surface area contributed by atoms with Gasteiger partial charge in [-0.15, -0.1) is 0 Å². The summed E-state index contributed by atoms with van der Waals surface area (Å²) in [5.74, 6) is 0.502. The zero-order chi connectivity index (χ0) is 14.0. The van der Waals surface area contributed by atoms with Crippen LogP contribution in [0, 0.1) is 5.41 Å². The molecule has 2 aromatic rings. The zero-order valence-electron chi connectivity index (χ0n) is 11.7. The molecule has 2 N–H and O–H groups in total. The second-order valence-corrected chi connectivity index (χ2v) is 7.49. The standard InChI is InChI=1S/C16H21NOS/c1-16(2,3)15(17)11-19(18)14-9-8-12-6-4-5-7-13(12)10-14/h4-10,15H,11,17H2,1-3H3. The molecule has 0 aromatic heterocycles. The van der Waals surface area contributed by atoms with Crippen molar-refractivity contribution in [3.05, 3.63) is 42.5 Å². The number of nitrogens with two attached hydrogens (primary N) is 1. The number of fused-ring (bicyclic) bond motifs is 1. The van der Waals surface area contributed by atoms with Gasteiger partial charge in [0.15, 0.2) is 0 Å². The average molecular weight is 275 g/mol. The highest BCUT2D eigenvalue weighted by molar-refractivity contribution is 7.85. The van der Waals surface area contributed by atoms with Crippen molar-refractivity contribution in [2.45, 2.75) is 31.7 Å². The first kappa shape index (κ1) is 14.2. The van der Waals surface area contributed by atoms with Crippen molar-refractivity contribution in [1.29, 1.82) is 0 Å². The van der Waals surface area contributed by atoms with Crippen LogP contribution < -0.4 is 5.73 Å². The highest BCUT2D eigenvalue weighted by Gasteiger charge is 2.23. The summed E-state index contributed by atoms with van der Waals surface area (Å²) in [7, 11) is -1.04. The summed E-state index contributed by atoms with van der Waals surface area (Å²) in [4.78, 5) is 0.860. The van der Waals surface area contributed by atoms with Crippen LogP contribution in [0.25, 0.3) is 10.8 Å². The second-order valence-electron chi connectivity index (χ2n) is 5.99. The minimum Gasteiger partial charge on any atom is -0.326 e. The van der Waals surface area contributed by atoms with Crippen LogP contribution in [0.2, 0.25) is 0 Å². The monoisotopic (exact) mass is 275 g/mol. The summed E-state index contributed by atoms with van der Waals surface area (Å²) in [6.07, 6.45) is 0. The highest BCUT2D eigenvalue weighted by Crippen LogP contribution is 2.22. The normalized spacial score (nSPS) is 15.4. The third kappa shape index (κ3) is 3.43. The largest absolute Gasteiger partial charge is 0.326 e. The highest BCUT2D eigenvalue weighted by atomic mass is 32.2. The molecule has 19 heavy (non-hydrogen) atoms. The first-order chi connectivity index (χ1) is 8.88. The van der Waals surface area contributed by atoms with Crippen molar-refractivity contribution in [2.75, 3.05) is 5.75 Å². The first-order valence-corrected chi connectivity index (χ1v) is 7.82. The van der Waals surface area contributed by atoms with Crippen molar-refractivity contribution in [3.8, 4) is 0 Å². The number of hydrogen-bond donors (Lipinski definition) is 1. The molecule has 0 bridgehead atoms. The Morgan fingerprint density at radius 3 is 2.37 bits per heavy atom. The van der Waals surface area contributed by atoms with Gasteiger partial charge in [-0.1, -0.05) is 51.1 Å². The third-order valence-corrected chi connectivity index (χ3v) is 4.87. The fourth-order valence-corrected chi connectivity index (χ4v) is 3.32. The van der Waals surface area contributed by atoms with E-state index in [0.717, 1.165) is 10.3 Å². The quantitative estimate of drug-likeness (QED) is 0.933. The van der Waals surface area contributed by atoms with Crippen LogP contribution in [0.3, 0.4) is 0 Å². The van der Waals surface area contributed by atoms with Crippen LogP contribution in [0.15, 0.2) is 47.4 Å². The Hall–Kier alpha value is -1.19. The van der Waals surface area contributed by atoms with E-state index in [1.54, 1.807) is 0 Å². The number of rotatable bonds is 3. The molecule has 0 saturated heterocycles. The molecule has 102 valence electrons.